The molecule has 0 bridgehead atoms. The molecular weight excluding hydrogens is 564 g/mol. The van der Waals surface area contributed by atoms with Gasteiger partial charge < -0.3 is 41.6 Å². The first kappa shape index (κ1) is 34.9. The van der Waals surface area contributed by atoms with Crippen molar-refractivity contribution in [2.24, 2.45) is 11.7 Å². The van der Waals surface area contributed by atoms with Crippen molar-refractivity contribution in [2.75, 3.05) is 44.8 Å². The van der Waals surface area contributed by atoms with Gasteiger partial charge >= 0.3 is 6.03 Å². The predicted molar refractivity (Wildman–Crippen MR) is 154 cm³/mol. The van der Waals surface area contributed by atoms with Crippen LogP contribution in [0.5, 0.6) is 0 Å². The third-order valence-corrected chi connectivity index (χ3v) is 6.24. The number of anilines is 1. The number of nitrogens with zero attached hydrogens (tertiary/aromatic N) is 1. The van der Waals surface area contributed by atoms with Crippen LogP contribution in [0.15, 0.2) is 36.4 Å². The van der Waals surface area contributed by atoms with Crippen molar-refractivity contribution >= 4 is 41.3 Å². The third-order valence-electron chi connectivity index (χ3n) is 6.24. The minimum Gasteiger partial charge on any atom is -0.392 e. The molecule has 236 valence electrons. The molecule has 2 unspecified atom stereocenters. The number of ether oxygens (including phenoxy) is 2. The number of nitrogens with two attached hydrogens (primary N) is 1. The molecule has 0 fully saturated rings. The fourth-order valence-corrected chi connectivity index (χ4v) is 3.91. The molecule has 0 spiro atoms. The Morgan fingerprint density at radius 1 is 0.930 bits per heavy atom. The maximum absolute atomic E-state index is 13.2. The molecule has 1 heterocycles. The van der Waals surface area contributed by atoms with E-state index in [0.29, 0.717) is 17.7 Å². The summed E-state index contributed by atoms with van der Waals surface area (Å²) in [5.41, 5.74) is 6.22. The number of benzene rings is 1. The van der Waals surface area contributed by atoms with Gasteiger partial charge in [-0.2, -0.15) is 0 Å². The van der Waals surface area contributed by atoms with Crippen LogP contribution >= 0.6 is 0 Å². The molecular formula is C28H40N6O9. The number of urea groups is 1. The topological polar surface area (TPSA) is 218 Å². The van der Waals surface area contributed by atoms with Crippen LogP contribution in [0.2, 0.25) is 0 Å². The molecule has 0 aromatic heterocycles. The van der Waals surface area contributed by atoms with Gasteiger partial charge in [0.25, 0.3) is 11.8 Å². The highest BCUT2D eigenvalue weighted by atomic mass is 16.5. The molecule has 15 heteroatoms. The maximum atomic E-state index is 13.2. The average Bonchev–Trinajstić information content (AvgIpc) is 3.29. The first-order valence-electron chi connectivity index (χ1n) is 13.8. The van der Waals surface area contributed by atoms with Crippen LogP contribution in [-0.2, 0) is 40.1 Å². The second-order valence-corrected chi connectivity index (χ2v) is 9.95. The number of rotatable bonds is 19. The summed E-state index contributed by atoms with van der Waals surface area (Å²) >= 11 is 0. The van der Waals surface area contributed by atoms with Crippen molar-refractivity contribution in [3.63, 3.8) is 0 Å². The van der Waals surface area contributed by atoms with E-state index in [0.717, 1.165) is 4.90 Å². The molecule has 1 aliphatic rings. The lowest BCUT2D eigenvalue weighted by Gasteiger charge is -2.25. The summed E-state index contributed by atoms with van der Waals surface area (Å²) in [5, 5.41) is 19.7. The van der Waals surface area contributed by atoms with Gasteiger partial charge in [0.1, 0.15) is 18.7 Å². The number of hydrogen-bond acceptors (Lipinski definition) is 9. The van der Waals surface area contributed by atoms with Gasteiger partial charge in [-0.05, 0) is 36.5 Å². The second kappa shape index (κ2) is 18.3. The number of aliphatic hydroxyl groups excluding tert-OH is 1. The zero-order chi connectivity index (χ0) is 31.8. The Bertz CT molecular complexity index is 1140. The Kier molecular flexibility index (Phi) is 14.8. The van der Waals surface area contributed by atoms with E-state index < -0.39 is 47.7 Å². The first-order valence-corrected chi connectivity index (χ1v) is 13.8. The van der Waals surface area contributed by atoms with Gasteiger partial charge in [0, 0.05) is 24.4 Å². The third kappa shape index (κ3) is 12.6. The van der Waals surface area contributed by atoms with Gasteiger partial charge in [-0.15, -0.1) is 0 Å². The van der Waals surface area contributed by atoms with Gasteiger partial charge in [-0.25, -0.2) is 4.79 Å². The van der Waals surface area contributed by atoms with Crippen LogP contribution in [0.25, 0.3) is 0 Å². The summed E-state index contributed by atoms with van der Waals surface area (Å²) in [7, 11) is 0. The number of nitrogens with one attached hydrogen (secondary N) is 4. The molecule has 0 saturated carbocycles. The van der Waals surface area contributed by atoms with Crippen molar-refractivity contribution in [2.45, 2.75) is 45.4 Å². The number of carbonyl (C=O) groups excluding carboxylic acids is 6. The van der Waals surface area contributed by atoms with E-state index in [1.54, 1.807) is 38.1 Å². The molecule has 0 radical (unpaired) electrons. The zero-order valence-electron chi connectivity index (χ0n) is 24.3. The smallest absolute Gasteiger partial charge is 0.312 e. The van der Waals surface area contributed by atoms with Crippen molar-refractivity contribution in [1.29, 1.82) is 0 Å². The van der Waals surface area contributed by atoms with E-state index >= 15 is 0 Å². The van der Waals surface area contributed by atoms with Crippen LogP contribution in [-0.4, -0.2) is 97.2 Å². The zero-order valence-corrected chi connectivity index (χ0v) is 24.3. The van der Waals surface area contributed by atoms with Crippen molar-refractivity contribution < 1.29 is 43.3 Å². The van der Waals surface area contributed by atoms with E-state index in [2.05, 4.69) is 21.3 Å². The molecule has 0 saturated heterocycles. The summed E-state index contributed by atoms with van der Waals surface area (Å²) < 4.78 is 10.6. The summed E-state index contributed by atoms with van der Waals surface area (Å²) in [6.45, 7) is 3.57. The maximum Gasteiger partial charge on any atom is 0.312 e. The monoisotopic (exact) mass is 604 g/mol. The lowest BCUT2D eigenvalue weighted by atomic mass is 10.0. The number of imide groups is 1. The Morgan fingerprint density at radius 2 is 1.58 bits per heavy atom. The van der Waals surface area contributed by atoms with E-state index in [1.807, 2.05) is 0 Å². The molecule has 1 aromatic carbocycles. The van der Waals surface area contributed by atoms with Gasteiger partial charge in [-0.3, -0.25) is 28.9 Å². The molecule has 1 aliphatic heterocycles. The number of amides is 7. The summed E-state index contributed by atoms with van der Waals surface area (Å²) in [6.07, 6.45) is 2.88. The quantitative estimate of drug-likeness (QED) is 0.0854. The highest BCUT2D eigenvalue weighted by molar-refractivity contribution is 6.12. The number of aliphatic hydroxyl groups is 1. The molecule has 7 amide bonds. The van der Waals surface area contributed by atoms with Gasteiger partial charge in [0.15, 0.2) is 0 Å². The second-order valence-electron chi connectivity index (χ2n) is 9.95. The van der Waals surface area contributed by atoms with E-state index in [4.69, 9.17) is 15.2 Å². The van der Waals surface area contributed by atoms with Crippen LogP contribution in [0.3, 0.4) is 0 Å². The Balaban J connectivity index is 1.84. The standard InChI is InChI=1S/C28H40N6O9/c1-18(2)25(33-22(36)17-43-15-14-42-13-12-34-23(37)9-10-24(34)38)27(40)32-21(4-3-11-30-28(29)41)26(39)31-20-7-5-19(16-35)6-8-20/h5-10,18,21,25,35H,3-4,11-17H2,1-2H3,(H,31,39)(H,32,40)(H,33,36)(H3,29,30,41). The van der Waals surface area contributed by atoms with Crippen molar-refractivity contribution in [3.05, 3.63) is 42.0 Å². The van der Waals surface area contributed by atoms with Crippen LogP contribution < -0.4 is 27.0 Å². The lowest BCUT2D eigenvalue weighted by molar-refractivity contribution is -0.138. The molecule has 1 aromatic rings. The number of carbonyl (C=O) groups is 6. The molecule has 2 atom stereocenters. The highest BCUT2D eigenvalue weighted by Gasteiger charge is 2.29. The summed E-state index contributed by atoms with van der Waals surface area (Å²) in [5.74, 6) is -2.76. The number of hydrogen-bond donors (Lipinski definition) is 6. The molecule has 7 N–H and O–H groups in total. The van der Waals surface area contributed by atoms with Crippen molar-refractivity contribution in [3.8, 4) is 0 Å². The van der Waals surface area contributed by atoms with E-state index in [-0.39, 0.29) is 58.5 Å². The molecule has 43 heavy (non-hydrogen) atoms. The van der Waals surface area contributed by atoms with Crippen molar-refractivity contribution in [1.82, 2.24) is 20.9 Å². The lowest BCUT2D eigenvalue weighted by Crippen LogP contribution is -2.55. The minimum absolute atomic E-state index is 0.0625. The summed E-state index contributed by atoms with van der Waals surface area (Å²) in [4.78, 5) is 73.8. The largest absolute Gasteiger partial charge is 0.392 e. The number of primary amides is 1. The fourth-order valence-electron chi connectivity index (χ4n) is 3.91. The van der Waals surface area contributed by atoms with Gasteiger partial charge in [0.2, 0.25) is 17.7 Å². The highest BCUT2D eigenvalue weighted by Crippen LogP contribution is 2.12. The minimum atomic E-state index is -0.992. The van der Waals surface area contributed by atoms with E-state index in [9.17, 15) is 33.9 Å². The van der Waals surface area contributed by atoms with Gasteiger partial charge in [0.05, 0.1) is 33.0 Å². The molecule has 0 aliphatic carbocycles. The molecule has 2 rings (SSSR count). The summed E-state index contributed by atoms with van der Waals surface area (Å²) in [6, 6.07) is 3.85. The normalized spacial score (nSPS) is 14.0. The van der Waals surface area contributed by atoms with Crippen LogP contribution in [0, 0.1) is 5.92 Å². The van der Waals surface area contributed by atoms with Crippen LogP contribution in [0.4, 0.5) is 10.5 Å². The Hall–Kier alpha value is -4.34. The SMILES string of the molecule is CC(C)C(NC(=O)COCCOCCN1C(=O)C=CC1=O)C(=O)NC(CCCNC(N)=O)C(=O)Nc1ccc(CO)cc1. The first-order chi connectivity index (χ1) is 20.5. The van der Waals surface area contributed by atoms with E-state index in [1.165, 1.54) is 12.2 Å². The molecule has 15 nitrogen and oxygen atoms in total. The Labute approximate surface area is 249 Å². The van der Waals surface area contributed by atoms with Gasteiger partial charge in [-0.1, -0.05) is 26.0 Å². The predicted octanol–water partition coefficient (Wildman–Crippen LogP) is -0.850. The average molecular weight is 605 g/mol. The Morgan fingerprint density at radius 3 is 2.19 bits per heavy atom. The fraction of sp³-hybridized carbons (Fsp3) is 0.500. The van der Waals surface area contributed by atoms with Crippen LogP contribution in [0.1, 0.15) is 32.3 Å².